The van der Waals surface area contributed by atoms with Crippen LogP contribution in [0.3, 0.4) is 0 Å². The van der Waals surface area contributed by atoms with Crippen molar-refractivity contribution in [3.05, 3.63) is 76.6 Å². The molecular formula is C36H39FN2O8. The fraction of sp³-hybridized carbons (Fsp3) is 0.500. The Bertz CT molecular complexity index is 1710. The topological polar surface area (TPSA) is 126 Å². The number of nitrogens with zero attached hydrogens (tertiary/aromatic N) is 2. The molecule has 47 heavy (non-hydrogen) atoms. The summed E-state index contributed by atoms with van der Waals surface area (Å²) in [5.74, 6) is -1.68. The van der Waals surface area contributed by atoms with Crippen molar-refractivity contribution in [3.63, 3.8) is 0 Å². The molecule has 10 nitrogen and oxygen atoms in total. The van der Waals surface area contributed by atoms with E-state index in [0.717, 1.165) is 47.2 Å². The van der Waals surface area contributed by atoms with Gasteiger partial charge in [0.1, 0.15) is 17.4 Å². The molecule has 4 fully saturated rings. The van der Waals surface area contributed by atoms with E-state index in [1.54, 1.807) is 19.1 Å². The molecule has 2 aliphatic heterocycles. The Morgan fingerprint density at radius 3 is 1.91 bits per heavy atom. The van der Waals surface area contributed by atoms with E-state index in [1.165, 1.54) is 25.1 Å². The van der Waals surface area contributed by atoms with Gasteiger partial charge in [-0.1, -0.05) is 11.1 Å². The van der Waals surface area contributed by atoms with Crippen LogP contribution >= 0.6 is 0 Å². The van der Waals surface area contributed by atoms with Crippen LogP contribution < -0.4 is 0 Å². The van der Waals surface area contributed by atoms with E-state index >= 15 is 0 Å². The molecule has 0 radical (unpaired) electrons. The summed E-state index contributed by atoms with van der Waals surface area (Å²) >= 11 is 0. The van der Waals surface area contributed by atoms with Crippen LogP contribution in [-0.2, 0) is 39.8 Å². The maximum atomic E-state index is 13.3. The molecule has 1 aromatic carbocycles. The van der Waals surface area contributed by atoms with Gasteiger partial charge >= 0.3 is 0 Å². The largest absolute Gasteiger partial charge is 0.515 e. The molecule has 1 aromatic heterocycles. The summed E-state index contributed by atoms with van der Waals surface area (Å²) in [6.45, 7) is 5.44. The Balaban J connectivity index is 0.000000157. The standard InChI is InChI=1S/C21H21FN2O3.C15H18O5/c1-14(25)20-11-15-12-23-24(18-4-2-17(22)3-5-18)19(15)10-16(20)6-7-21(13-20)26-8-9-27-21;1-10(17)14-7-11(8-16)13(18)6-12(14)2-3-15(9-14)19-4-5-20-15/h2-5,10,12H,6-9,11,13H2,1H3;6,8,16H,2-5,7,9H2,1H3/b;11-8-/t20-;14-/m11/s1. The highest BCUT2D eigenvalue weighted by Gasteiger charge is 2.56. The molecule has 2 saturated carbocycles. The van der Waals surface area contributed by atoms with E-state index in [2.05, 4.69) is 11.2 Å². The second-order valence-corrected chi connectivity index (χ2v) is 13.5. The number of aromatic nitrogens is 2. The molecule has 1 N–H and O–H groups in total. The average molecular weight is 647 g/mol. The lowest BCUT2D eigenvalue weighted by atomic mass is 9.60. The highest BCUT2D eigenvalue weighted by Crippen LogP contribution is 2.55. The summed E-state index contributed by atoms with van der Waals surface area (Å²) in [6, 6.07) is 6.28. The van der Waals surface area contributed by atoms with Gasteiger partial charge in [-0.25, -0.2) is 9.07 Å². The predicted molar refractivity (Wildman–Crippen MR) is 167 cm³/mol. The highest BCUT2D eigenvalue weighted by molar-refractivity contribution is 6.08. The number of fused-ring (bicyclic) bond motifs is 3. The number of carbonyl (C=O) groups is 3. The molecule has 2 spiro atoms. The van der Waals surface area contributed by atoms with Gasteiger partial charge in [0.25, 0.3) is 0 Å². The van der Waals surface area contributed by atoms with E-state index in [9.17, 15) is 23.9 Å². The summed E-state index contributed by atoms with van der Waals surface area (Å²) in [4.78, 5) is 37.0. The molecule has 11 heteroatoms. The molecule has 2 saturated heterocycles. The molecule has 0 bridgehead atoms. The molecule has 6 aliphatic rings. The van der Waals surface area contributed by atoms with Crippen LogP contribution in [0.4, 0.5) is 4.39 Å². The van der Waals surface area contributed by atoms with Gasteiger partial charge in [-0.2, -0.15) is 5.10 Å². The molecule has 4 aliphatic carbocycles. The summed E-state index contributed by atoms with van der Waals surface area (Å²) in [5.41, 5.74) is 3.68. The van der Waals surface area contributed by atoms with Gasteiger partial charge in [-0.15, -0.1) is 0 Å². The Morgan fingerprint density at radius 1 is 0.851 bits per heavy atom. The maximum absolute atomic E-state index is 13.3. The summed E-state index contributed by atoms with van der Waals surface area (Å²) in [5, 5.41) is 13.7. The number of ketones is 3. The lowest BCUT2D eigenvalue weighted by molar-refractivity contribution is -0.193. The second kappa shape index (κ2) is 11.7. The van der Waals surface area contributed by atoms with Crippen LogP contribution in [0.15, 0.2) is 59.5 Å². The SMILES string of the molecule is CC(=O)[C@]12C/C(=C/O)C(=O)C=C1CCC1(C2)OCCO1.CC(=O)[C@]12Cc3cnn(-c4ccc(F)cc4)c3C=C1CCC1(C2)OCCO1. The number of halogens is 1. The lowest BCUT2D eigenvalue weighted by Gasteiger charge is -2.47. The molecule has 2 aromatic rings. The Labute approximate surface area is 272 Å². The minimum atomic E-state index is -0.773. The number of ether oxygens (including phenoxy) is 4. The van der Waals surface area contributed by atoms with Gasteiger partial charge in [0, 0.05) is 31.3 Å². The van der Waals surface area contributed by atoms with Gasteiger partial charge in [0.15, 0.2) is 17.4 Å². The quantitative estimate of drug-likeness (QED) is 0.350. The van der Waals surface area contributed by atoms with E-state index < -0.39 is 22.4 Å². The van der Waals surface area contributed by atoms with Crippen molar-refractivity contribution in [2.75, 3.05) is 26.4 Å². The first-order valence-corrected chi connectivity index (χ1v) is 16.2. The molecule has 248 valence electrons. The molecule has 0 amide bonds. The minimum Gasteiger partial charge on any atom is -0.515 e. The van der Waals surface area contributed by atoms with Crippen molar-refractivity contribution in [2.24, 2.45) is 10.8 Å². The fourth-order valence-electron chi connectivity index (χ4n) is 8.39. The number of hydrogen-bond donors (Lipinski definition) is 1. The normalized spacial score (nSPS) is 29.3. The first-order chi connectivity index (χ1) is 22.5. The van der Waals surface area contributed by atoms with Crippen LogP contribution in [0.25, 0.3) is 11.8 Å². The lowest BCUT2D eigenvalue weighted by Crippen LogP contribution is -2.49. The average Bonchev–Trinajstić information content (AvgIpc) is 3.81. The number of carbonyl (C=O) groups excluding carboxylic acids is 3. The van der Waals surface area contributed by atoms with Crippen LogP contribution in [0, 0.1) is 16.6 Å². The van der Waals surface area contributed by atoms with Crippen molar-refractivity contribution in [3.8, 4) is 5.69 Å². The Kier molecular flexibility index (Phi) is 7.94. The summed E-state index contributed by atoms with van der Waals surface area (Å²) < 4.78 is 38.4. The van der Waals surface area contributed by atoms with Gasteiger partial charge < -0.3 is 24.1 Å². The van der Waals surface area contributed by atoms with Crippen LogP contribution in [0.1, 0.15) is 70.1 Å². The van der Waals surface area contributed by atoms with Gasteiger partial charge in [-0.05, 0) is 81.5 Å². The third kappa shape index (κ3) is 5.33. The van der Waals surface area contributed by atoms with Crippen molar-refractivity contribution >= 4 is 23.4 Å². The number of aliphatic hydroxyl groups excluding tert-OH is 1. The molecule has 2 atom stereocenters. The zero-order valence-electron chi connectivity index (χ0n) is 26.7. The molecular weight excluding hydrogens is 607 g/mol. The van der Waals surface area contributed by atoms with Crippen LogP contribution in [0.5, 0.6) is 0 Å². The third-order valence-corrected chi connectivity index (χ3v) is 10.9. The second-order valence-electron chi connectivity index (χ2n) is 13.5. The van der Waals surface area contributed by atoms with Gasteiger partial charge in [-0.3, -0.25) is 14.4 Å². The van der Waals surface area contributed by atoms with Crippen molar-refractivity contribution in [1.29, 1.82) is 0 Å². The highest BCUT2D eigenvalue weighted by atomic mass is 19.1. The molecule has 8 rings (SSSR count). The maximum Gasteiger partial charge on any atom is 0.184 e. The number of benzene rings is 1. The van der Waals surface area contributed by atoms with E-state index in [1.807, 2.05) is 10.9 Å². The van der Waals surface area contributed by atoms with E-state index in [4.69, 9.17) is 18.9 Å². The zero-order chi connectivity index (χ0) is 33.0. The number of Topliss-reactive ketones (excluding diaryl/α,β-unsaturated/α-hetero) is 2. The summed E-state index contributed by atoms with van der Waals surface area (Å²) in [6.07, 6.45) is 10.8. The van der Waals surface area contributed by atoms with Crippen molar-refractivity contribution < 1.29 is 42.8 Å². The van der Waals surface area contributed by atoms with E-state index in [0.29, 0.717) is 58.5 Å². The van der Waals surface area contributed by atoms with Crippen LogP contribution in [0.2, 0.25) is 0 Å². The number of allylic oxidation sites excluding steroid dienone is 4. The summed E-state index contributed by atoms with van der Waals surface area (Å²) in [7, 11) is 0. The predicted octanol–water partition coefficient (Wildman–Crippen LogP) is 5.28. The zero-order valence-corrected chi connectivity index (χ0v) is 26.7. The number of aliphatic hydroxyl groups is 1. The monoisotopic (exact) mass is 646 g/mol. The van der Waals surface area contributed by atoms with E-state index in [-0.39, 0.29) is 35.2 Å². The third-order valence-electron chi connectivity index (χ3n) is 10.9. The van der Waals surface area contributed by atoms with Gasteiger partial charge in [0.05, 0.1) is 61.1 Å². The number of rotatable bonds is 3. The first kappa shape index (κ1) is 31.8. The van der Waals surface area contributed by atoms with Gasteiger partial charge in [0.2, 0.25) is 0 Å². The van der Waals surface area contributed by atoms with Crippen LogP contribution in [-0.4, -0.2) is 70.2 Å². The van der Waals surface area contributed by atoms with Crippen molar-refractivity contribution in [2.45, 2.75) is 76.8 Å². The Hall–Kier alpha value is -3.77. The van der Waals surface area contributed by atoms with Crippen molar-refractivity contribution in [1.82, 2.24) is 9.78 Å². The smallest absolute Gasteiger partial charge is 0.184 e. The minimum absolute atomic E-state index is 0.00576. The fourth-order valence-corrected chi connectivity index (χ4v) is 8.39. The first-order valence-electron chi connectivity index (χ1n) is 16.2. The number of hydrogen-bond acceptors (Lipinski definition) is 9. The molecule has 3 heterocycles. The Morgan fingerprint density at radius 2 is 1.38 bits per heavy atom. The molecule has 0 unspecified atom stereocenters.